The van der Waals surface area contributed by atoms with Crippen LogP contribution in [0.25, 0.3) is 0 Å². The molecular formula is C15H29N. The van der Waals surface area contributed by atoms with Gasteiger partial charge in [0, 0.05) is 5.70 Å². The van der Waals surface area contributed by atoms with Gasteiger partial charge in [0.1, 0.15) is 0 Å². The van der Waals surface area contributed by atoms with Crippen molar-refractivity contribution in [3.8, 4) is 0 Å². The van der Waals surface area contributed by atoms with Gasteiger partial charge in [0.05, 0.1) is 0 Å². The van der Waals surface area contributed by atoms with E-state index in [9.17, 15) is 0 Å². The van der Waals surface area contributed by atoms with Crippen LogP contribution in [0.5, 0.6) is 0 Å². The second-order valence-electron chi connectivity index (χ2n) is 3.38. The summed E-state index contributed by atoms with van der Waals surface area (Å²) in [5.41, 5.74) is 8.41. The van der Waals surface area contributed by atoms with Crippen LogP contribution in [-0.4, -0.2) is 0 Å². The molecule has 0 aromatic rings. The van der Waals surface area contributed by atoms with Gasteiger partial charge in [-0.2, -0.15) is 0 Å². The quantitative estimate of drug-likeness (QED) is 0.499. The van der Waals surface area contributed by atoms with E-state index < -0.39 is 0 Å². The minimum atomic E-state index is 0. The fourth-order valence-corrected chi connectivity index (χ4v) is 0.831. The van der Waals surface area contributed by atoms with Crippen LogP contribution >= 0.6 is 0 Å². The summed E-state index contributed by atoms with van der Waals surface area (Å²) in [4.78, 5) is 0. The molecule has 0 saturated carbocycles. The fourth-order valence-electron chi connectivity index (χ4n) is 0.831. The molecule has 16 heavy (non-hydrogen) atoms. The van der Waals surface area contributed by atoms with Gasteiger partial charge in [-0.05, 0) is 26.2 Å². The van der Waals surface area contributed by atoms with E-state index in [0.717, 1.165) is 36.1 Å². The molecule has 0 aliphatic carbocycles. The molecule has 0 amide bonds. The van der Waals surface area contributed by atoms with Gasteiger partial charge in [-0.1, -0.05) is 64.3 Å². The van der Waals surface area contributed by atoms with Crippen molar-refractivity contribution in [3.63, 3.8) is 0 Å². The highest BCUT2D eigenvalue weighted by Crippen LogP contribution is 2.08. The molecule has 0 radical (unpaired) electrons. The Morgan fingerprint density at radius 3 is 2.00 bits per heavy atom. The maximum Gasteiger partial charge on any atom is 0.00108 e. The minimum absolute atomic E-state index is 0. The van der Waals surface area contributed by atoms with E-state index in [1.807, 2.05) is 26.8 Å². The van der Waals surface area contributed by atoms with E-state index >= 15 is 0 Å². The molecule has 0 atom stereocenters. The first-order chi connectivity index (χ1) is 7.02. The molecule has 1 heteroatoms. The fraction of sp³-hybridized carbons (Fsp3) is 0.467. The number of nitrogens with two attached hydrogens (primary N) is 1. The van der Waals surface area contributed by atoms with E-state index in [0.29, 0.717) is 0 Å². The Hall–Kier alpha value is -1.24. The van der Waals surface area contributed by atoms with Crippen molar-refractivity contribution in [3.05, 3.63) is 48.7 Å². The van der Waals surface area contributed by atoms with Gasteiger partial charge < -0.3 is 5.73 Å². The van der Waals surface area contributed by atoms with Crippen molar-refractivity contribution in [1.82, 2.24) is 0 Å². The first-order valence-electron chi connectivity index (χ1n) is 5.44. The van der Waals surface area contributed by atoms with Gasteiger partial charge >= 0.3 is 0 Å². The first kappa shape index (κ1) is 20.2. The third-order valence-corrected chi connectivity index (χ3v) is 1.59. The van der Waals surface area contributed by atoms with Gasteiger partial charge in [-0.25, -0.2) is 0 Å². The zero-order valence-electron chi connectivity index (χ0n) is 10.5. The van der Waals surface area contributed by atoms with Gasteiger partial charge in [-0.3, -0.25) is 0 Å². The molecule has 0 unspecified atom stereocenters. The lowest BCUT2D eigenvalue weighted by Crippen LogP contribution is -1.94. The Labute approximate surface area is 102 Å². The number of rotatable bonds is 6. The lowest BCUT2D eigenvalue weighted by Gasteiger charge is -1.99. The van der Waals surface area contributed by atoms with Crippen molar-refractivity contribution in [2.24, 2.45) is 5.73 Å². The topological polar surface area (TPSA) is 26.0 Å². The Balaban J connectivity index is -0.000000529. The van der Waals surface area contributed by atoms with Crippen LogP contribution in [0.3, 0.4) is 0 Å². The molecule has 2 N–H and O–H groups in total. The highest BCUT2D eigenvalue weighted by Gasteiger charge is 1.90. The number of allylic oxidation sites excluding steroid dienone is 5. The number of hydrogen-bond acceptors (Lipinski definition) is 1. The first-order valence-corrected chi connectivity index (χ1v) is 5.44. The summed E-state index contributed by atoms with van der Waals surface area (Å²) in [5, 5.41) is 0. The van der Waals surface area contributed by atoms with E-state index in [-0.39, 0.29) is 7.43 Å². The summed E-state index contributed by atoms with van der Waals surface area (Å²) >= 11 is 0. The molecule has 0 bridgehead atoms. The van der Waals surface area contributed by atoms with Crippen LogP contribution in [0.1, 0.15) is 47.5 Å². The van der Waals surface area contributed by atoms with Crippen molar-refractivity contribution in [1.29, 1.82) is 0 Å². The highest BCUT2D eigenvalue weighted by molar-refractivity contribution is 5.17. The molecule has 0 heterocycles. The lowest BCUT2D eigenvalue weighted by atomic mass is 10.1. The molecule has 0 aromatic carbocycles. The summed E-state index contributed by atoms with van der Waals surface area (Å²) in [6, 6.07) is 0. The average Bonchev–Trinajstić information content (AvgIpc) is 2.17. The number of hydrogen-bond donors (Lipinski definition) is 1. The maximum atomic E-state index is 5.44. The second-order valence-corrected chi connectivity index (χ2v) is 3.38. The maximum absolute atomic E-state index is 5.44. The minimum Gasteiger partial charge on any atom is -0.403 e. The lowest BCUT2D eigenvalue weighted by molar-refractivity contribution is 0.938. The second kappa shape index (κ2) is 13.8. The summed E-state index contributed by atoms with van der Waals surface area (Å²) in [7, 11) is 0. The molecule has 1 nitrogen and oxygen atoms in total. The summed E-state index contributed by atoms with van der Waals surface area (Å²) < 4.78 is 0. The predicted octanol–water partition coefficient (Wildman–Crippen LogP) is 4.98. The summed E-state index contributed by atoms with van der Waals surface area (Å²) in [5.74, 6) is 0. The molecule has 0 aliphatic heterocycles. The van der Waals surface area contributed by atoms with E-state index in [4.69, 9.17) is 5.73 Å². The molecule has 0 spiro atoms. The van der Waals surface area contributed by atoms with Gasteiger partial charge in [0.15, 0.2) is 0 Å². The van der Waals surface area contributed by atoms with E-state index in [2.05, 4.69) is 25.8 Å². The molecule has 94 valence electrons. The highest BCUT2D eigenvalue weighted by atomic mass is 14.5. The molecule has 0 fully saturated rings. The van der Waals surface area contributed by atoms with Crippen molar-refractivity contribution in [2.75, 3.05) is 0 Å². The Morgan fingerprint density at radius 1 is 1.12 bits per heavy atom. The van der Waals surface area contributed by atoms with Crippen LogP contribution in [0.2, 0.25) is 0 Å². The van der Waals surface area contributed by atoms with Crippen LogP contribution in [0.4, 0.5) is 0 Å². The standard InChI is InChI=1S/C12H19N.C2H6.CH4/c1-10(2)6-5-7-11(3)8-9-12(4)13;1-2;/h5,7H,1,3-4,6,8-9,13H2,2H3;1-2H3;1H4. The summed E-state index contributed by atoms with van der Waals surface area (Å²) in [6.45, 7) is 17.4. The normalized spacial score (nSPS) is 8.69. The van der Waals surface area contributed by atoms with E-state index in [1.165, 1.54) is 0 Å². The molecular weight excluding hydrogens is 194 g/mol. The predicted molar refractivity (Wildman–Crippen MR) is 78.4 cm³/mol. The molecule has 0 aliphatic rings. The molecule has 0 aromatic heterocycles. The van der Waals surface area contributed by atoms with Crippen molar-refractivity contribution < 1.29 is 0 Å². The van der Waals surface area contributed by atoms with Gasteiger partial charge in [-0.15, -0.1) is 0 Å². The SMILES string of the molecule is C.C=C(C)CC=CC(=C)CCC(=C)N.CC. The van der Waals surface area contributed by atoms with Gasteiger partial charge in [0.25, 0.3) is 0 Å². The van der Waals surface area contributed by atoms with Crippen LogP contribution < -0.4 is 5.73 Å². The summed E-state index contributed by atoms with van der Waals surface area (Å²) in [6.07, 6.45) is 6.72. The van der Waals surface area contributed by atoms with Crippen molar-refractivity contribution >= 4 is 0 Å². The zero-order chi connectivity index (χ0) is 12.3. The smallest absolute Gasteiger partial charge is 0.00108 e. The van der Waals surface area contributed by atoms with Crippen molar-refractivity contribution in [2.45, 2.75) is 47.5 Å². The Bertz CT molecular complexity index is 234. The van der Waals surface area contributed by atoms with Crippen LogP contribution in [0.15, 0.2) is 48.7 Å². The molecule has 0 rings (SSSR count). The Morgan fingerprint density at radius 2 is 1.62 bits per heavy atom. The zero-order valence-corrected chi connectivity index (χ0v) is 10.5. The van der Waals surface area contributed by atoms with Crippen LogP contribution in [0, 0.1) is 0 Å². The average molecular weight is 223 g/mol. The Kier molecular flexibility index (Phi) is 17.4. The van der Waals surface area contributed by atoms with E-state index in [1.54, 1.807) is 0 Å². The largest absolute Gasteiger partial charge is 0.403 e. The van der Waals surface area contributed by atoms with Gasteiger partial charge in [0.2, 0.25) is 0 Å². The third kappa shape index (κ3) is 18.5. The monoisotopic (exact) mass is 223 g/mol. The third-order valence-electron chi connectivity index (χ3n) is 1.59. The van der Waals surface area contributed by atoms with Crippen LogP contribution in [-0.2, 0) is 0 Å². The molecule has 0 saturated heterocycles.